The lowest BCUT2D eigenvalue weighted by molar-refractivity contribution is 0.0601. The van der Waals surface area contributed by atoms with Gasteiger partial charge in [-0.2, -0.15) is 0 Å². The molecule has 0 atom stereocenters. The van der Waals surface area contributed by atoms with Crippen LogP contribution >= 0.6 is 11.6 Å². The van der Waals surface area contributed by atoms with Crippen LogP contribution in [0.4, 0.5) is 0 Å². The molecule has 0 saturated heterocycles. The van der Waals surface area contributed by atoms with Gasteiger partial charge in [0.2, 0.25) is 0 Å². The largest absolute Gasteiger partial charge is 0.465 e. The maximum atomic E-state index is 11.6. The van der Waals surface area contributed by atoms with Crippen molar-refractivity contribution in [3.63, 3.8) is 0 Å². The third-order valence-corrected chi connectivity index (χ3v) is 2.63. The second-order valence-corrected chi connectivity index (χ2v) is 3.86. The number of esters is 1. The summed E-state index contributed by atoms with van der Waals surface area (Å²) in [4.78, 5) is 15.5. The van der Waals surface area contributed by atoms with E-state index in [-0.39, 0.29) is 0 Å². The Balaban J connectivity index is 2.51. The van der Waals surface area contributed by atoms with Crippen LogP contribution in [0.1, 0.15) is 10.4 Å². The maximum absolute atomic E-state index is 11.6. The van der Waals surface area contributed by atoms with E-state index in [0.29, 0.717) is 10.6 Å². The number of hydrogen-bond acceptors (Lipinski definition) is 3. The lowest BCUT2D eigenvalue weighted by atomic mass is 10.0. The van der Waals surface area contributed by atoms with E-state index in [4.69, 9.17) is 16.3 Å². The number of carbonyl (C=O) groups is 1. The average Bonchev–Trinajstić information content (AvgIpc) is 2.39. The summed E-state index contributed by atoms with van der Waals surface area (Å²) >= 11 is 5.82. The number of methoxy groups -OCH3 is 1. The first-order valence-corrected chi connectivity index (χ1v) is 5.38. The van der Waals surface area contributed by atoms with Gasteiger partial charge in [0.15, 0.2) is 0 Å². The SMILES string of the molecule is COC(=O)c1cnccc1-c1ccc(Cl)cc1. The Hall–Kier alpha value is -1.87. The van der Waals surface area contributed by atoms with Crippen molar-refractivity contribution in [3.8, 4) is 11.1 Å². The summed E-state index contributed by atoms with van der Waals surface area (Å²) in [5.74, 6) is -0.400. The first-order valence-electron chi connectivity index (χ1n) is 5.00. The minimum Gasteiger partial charge on any atom is -0.465 e. The highest BCUT2D eigenvalue weighted by Crippen LogP contribution is 2.24. The molecule has 3 nitrogen and oxygen atoms in total. The Kier molecular flexibility index (Phi) is 3.40. The molecule has 0 N–H and O–H groups in total. The van der Waals surface area contributed by atoms with Crippen LogP contribution in [0.15, 0.2) is 42.7 Å². The molecular weight excluding hydrogens is 238 g/mol. The zero-order valence-corrected chi connectivity index (χ0v) is 9.94. The zero-order valence-electron chi connectivity index (χ0n) is 9.18. The molecule has 1 heterocycles. The topological polar surface area (TPSA) is 39.2 Å². The molecule has 0 saturated carbocycles. The summed E-state index contributed by atoms with van der Waals surface area (Å²) in [6.45, 7) is 0. The van der Waals surface area contributed by atoms with Gasteiger partial charge >= 0.3 is 5.97 Å². The van der Waals surface area contributed by atoms with Crippen LogP contribution in [0.2, 0.25) is 5.02 Å². The van der Waals surface area contributed by atoms with Crippen LogP contribution in [0.25, 0.3) is 11.1 Å². The molecule has 1 aromatic carbocycles. The molecule has 86 valence electrons. The summed E-state index contributed by atoms with van der Waals surface area (Å²) < 4.78 is 4.72. The van der Waals surface area contributed by atoms with E-state index < -0.39 is 5.97 Å². The highest BCUT2D eigenvalue weighted by molar-refractivity contribution is 6.30. The molecule has 0 radical (unpaired) electrons. The minimum atomic E-state index is -0.400. The highest BCUT2D eigenvalue weighted by atomic mass is 35.5. The molecular formula is C13H10ClNO2. The molecule has 0 amide bonds. The number of hydrogen-bond donors (Lipinski definition) is 0. The van der Waals surface area contributed by atoms with Gasteiger partial charge in [0, 0.05) is 17.4 Å². The van der Waals surface area contributed by atoms with Gasteiger partial charge in [-0.05, 0) is 29.3 Å². The van der Waals surface area contributed by atoms with E-state index in [1.807, 2.05) is 12.1 Å². The van der Waals surface area contributed by atoms with E-state index in [1.54, 1.807) is 24.4 Å². The highest BCUT2D eigenvalue weighted by Gasteiger charge is 2.12. The van der Waals surface area contributed by atoms with Crippen molar-refractivity contribution in [2.24, 2.45) is 0 Å². The fraction of sp³-hybridized carbons (Fsp3) is 0.0769. The fourth-order valence-electron chi connectivity index (χ4n) is 1.55. The number of nitrogens with zero attached hydrogens (tertiary/aromatic N) is 1. The second-order valence-electron chi connectivity index (χ2n) is 3.42. The van der Waals surface area contributed by atoms with Crippen molar-refractivity contribution < 1.29 is 9.53 Å². The molecule has 0 aliphatic heterocycles. The second kappa shape index (κ2) is 4.97. The quantitative estimate of drug-likeness (QED) is 0.765. The summed E-state index contributed by atoms with van der Waals surface area (Å²) in [5.41, 5.74) is 2.12. The van der Waals surface area contributed by atoms with Gasteiger partial charge in [-0.15, -0.1) is 0 Å². The summed E-state index contributed by atoms with van der Waals surface area (Å²) in [5, 5.41) is 0.655. The Morgan fingerprint density at radius 2 is 1.94 bits per heavy atom. The van der Waals surface area contributed by atoms with Crippen molar-refractivity contribution in [3.05, 3.63) is 53.3 Å². The summed E-state index contributed by atoms with van der Waals surface area (Å²) in [6, 6.07) is 9.03. The van der Waals surface area contributed by atoms with Crippen molar-refractivity contribution in [1.82, 2.24) is 4.98 Å². The van der Waals surface area contributed by atoms with Crippen LogP contribution in [0.3, 0.4) is 0 Å². The van der Waals surface area contributed by atoms with Gasteiger partial charge in [-0.25, -0.2) is 4.79 Å². The van der Waals surface area contributed by atoms with E-state index in [1.165, 1.54) is 13.3 Å². The van der Waals surface area contributed by atoms with E-state index in [0.717, 1.165) is 11.1 Å². The fourth-order valence-corrected chi connectivity index (χ4v) is 1.67. The number of benzene rings is 1. The molecule has 1 aromatic heterocycles. The standard InChI is InChI=1S/C13H10ClNO2/c1-17-13(16)12-8-15-7-6-11(12)9-2-4-10(14)5-3-9/h2-8H,1H3. The maximum Gasteiger partial charge on any atom is 0.340 e. The number of pyridine rings is 1. The number of carbonyl (C=O) groups excluding carboxylic acids is 1. The first kappa shape index (κ1) is 11.6. The van der Waals surface area contributed by atoms with Crippen LogP contribution < -0.4 is 0 Å². The molecule has 0 bridgehead atoms. The average molecular weight is 248 g/mol. The van der Waals surface area contributed by atoms with Crippen molar-refractivity contribution in [2.45, 2.75) is 0 Å². The molecule has 17 heavy (non-hydrogen) atoms. The molecule has 4 heteroatoms. The molecule has 2 aromatic rings. The van der Waals surface area contributed by atoms with E-state index >= 15 is 0 Å². The van der Waals surface area contributed by atoms with Gasteiger partial charge in [0.05, 0.1) is 12.7 Å². The Bertz CT molecular complexity index is 537. The summed E-state index contributed by atoms with van der Waals surface area (Å²) in [6.07, 6.45) is 3.13. The number of aromatic nitrogens is 1. The van der Waals surface area contributed by atoms with E-state index in [2.05, 4.69) is 4.98 Å². The molecule has 0 fully saturated rings. The van der Waals surface area contributed by atoms with Crippen molar-refractivity contribution >= 4 is 17.6 Å². The predicted molar refractivity (Wildman–Crippen MR) is 66.0 cm³/mol. The van der Waals surface area contributed by atoms with Crippen LogP contribution in [0, 0.1) is 0 Å². The Labute approximate surface area is 104 Å². The molecule has 0 aliphatic carbocycles. The predicted octanol–water partition coefficient (Wildman–Crippen LogP) is 3.19. The van der Waals surface area contributed by atoms with Crippen LogP contribution in [0.5, 0.6) is 0 Å². The molecule has 0 aliphatic rings. The third-order valence-electron chi connectivity index (χ3n) is 2.38. The van der Waals surface area contributed by atoms with Crippen LogP contribution in [-0.2, 0) is 4.74 Å². The van der Waals surface area contributed by atoms with Gasteiger partial charge in [-0.1, -0.05) is 23.7 Å². The molecule has 0 spiro atoms. The monoisotopic (exact) mass is 247 g/mol. The smallest absolute Gasteiger partial charge is 0.340 e. The zero-order chi connectivity index (χ0) is 12.3. The van der Waals surface area contributed by atoms with Gasteiger partial charge in [0.25, 0.3) is 0 Å². The Morgan fingerprint density at radius 1 is 1.24 bits per heavy atom. The first-order chi connectivity index (χ1) is 8.22. The van der Waals surface area contributed by atoms with E-state index in [9.17, 15) is 4.79 Å². The minimum absolute atomic E-state index is 0.400. The van der Waals surface area contributed by atoms with Crippen LogP contribution in [-0.4, -0.2) is 18.1 Å². The molecule has 2 rings (SSSR count). The van der Waals surface area contributed by atoms with Crippen molar-refractivity contribution in [2.75, 3.05) is 7.11 Å². The molecule has 0 unspecified atom stereocenters. The van der Waals surface area contributed by atoms with Gasteiger partial charge in [-0.3, -0.25) is 4.98 Å². The normalized spacial score (nSPS) is 10.0. The van der Waals surface area contributed by atoms with Crippen molar-refractivity contribution in [1.29, 1.82) is 0 Å². The van der Waals surface area contributed by atoms with Gasteiger partial charge in [0.1, 0.15) is 0 Å². The summed E-state index contributed by atoms with van der Waals surface area (Å²) in [7, 11) is 1.35. The van der Waals surface area contributed by atoms with Gasteiger partial charge < -0.3 is 4.74 Å². The number of ether oxygens (including phenoxy) is 1. The number of rotatable bonds is 2. The number of halogens is 1. The third kappa shape index (κ3) is 2.45. The lowest BCUT2D eigenvalue weighted by Crippen LogP contribution is -2.04. The lowest BCUT2D eigenvalue weighted by Gasteiger charge is -2.07. The Morgan fingerprint density at radius 3 is 2.59 bits per heavy atom.